The first kappa shape index (κ1) is 37.9. The van der Waals surface area contributed by atoms with Crippen LogP contribution in [-0.2, 0) is 11.8 Å². The van der Waals surface area contributed by atoms with Crippen molar-refractivity contribution >= 4 is 44.8 Å². The predicted molar refractivity (Wildman–Crippen MR) is 280 cm³/mol. The Bertz CT molecular complexity index is 3780. The van der Waals surface area contributed by atoms with Gasteiger partial charge in [-0.05, 0) is 139 Å². The summed E-state index contributed by atoms with van der Waals surface area (Å²) in [5, 5.41) is 3.87. The number of nitrogens with zero attached hydrogens (tertiary/aromatic N) is 2. The van der Waals surface area contributed by atoms with Crippen molar-refractivity contribution in [2.45, 2.75) is 18.3 Å². The van der Waals surface area contributed by atoms with E-state index in [1.807, 2.05) is 0 Å². The van der Waals surface area contributed by atoms with E-state index in [9.17, 15) is 0 Å². The number of aromatic nitrogens is 1. The summed E-state index contributed by atoms with van der Waals surface area (Å²) in [6.45, 7) is 0. The lowest BCUT2D eigenvalue weighted by Gasteiger charge is -2.40. The van der Waals surface area contributed by atoms with Crippen molar-refractivity contribution in [3.05, 3.63) is 270 Å². The minimum Gasteiger partial charge on any atom is -0.313 e. The van der Waals surface area contributed by atoms with Crippen molar-refractivity contribution in [3.63, 3.8) is 0 Å². The Morgan fingerprint density at radius 2 is 1.03 bits per heavy atom. The molecule has 1 unspecified atom stereocenters. The van der Waals surface area contributed by atoms with Crippen LogP contribution in [0.3, 0.4) is 0 Å². The standard InChI is InChI=1S/C65H44N2/c1-4-17-43(18-5-1)44-33-35-48(36-34-44)66(50-37-39-54-53-26-11-13-32-61(53)67(62(54)42-50)47-23-8-3-9-24-47)49-38-40-56-60(41-49)65(59-31-16-27-51(64(56)59)45-19-6-2-7-20-45)57-29-12-10-25-52(57)55-28-14-21-46-22-15-30-58(65)63(46)55/h1-12,14-31,33-42H,13,32H2. The molecule has 314 valence electrons. The molecule has 67 heavy (non-hydrogen) atoms. The SMILES string of the molecule is C1=Cc2c(n(-c3ccccc3)c3cc(N(c4ccc(-c5ccccc5)cc4)c4ccc5c(c4)C4(c6ccccc6-c6cccc7cccc4c67)c4cccc(-c6ccccc6)c4-5)ccc23)CC1. The van der Waals surface area contributed by atoms with Crippen molar-refractivity contribution in [2.24, 2.45) is 0 Å². The topological polar surface area (TPSA) is 8.17 Å². The van der Waals surface area contributed by atoms with Gasteiger partial charge in [0.25, 0.3) is 0 Å². The number of fused-ring (bicyclic) bond motifs is 12. The number of rotatable bonds is 6. The number of para-hydroxylation sites is 1. The number of anilines is 3. The molecule has 2 nitrogen and oxygen atoms in total. The Balaban J connectivity index is 1.06. The highest BCUT2D eigenvalue weighted by molar-refractivity contribution is 6.08. The van der Waals surface area contributed by atoms with Gasteiger partial charge < -0.3 is 9.47 Å². The van der Waals surface area contributed by atoms with Gasteiger partial charge >= 0.3 is 0 Å². The largest absolute Gasteiger partial charge is 0.313 e. The molecule has 1 atom stereocenters. The highest BCUT2D eigenvalue weighted by Crippen LogP contribution is 2.64. The van der Waals surface area contributed by atoms with E-state index < -0.39 is 5.41 Å². The average Bonchev–Trinajstić information content (AvgIpc) is 3.89. The fourth-order valence-corrected chi connectivity index (χ4v) is 12.1. The maximum atomic E-state index is 2.53. The Hall–Kier alpha value is -8.46. The third-order valence-corrected chi connectivity index (χ3v) is 14.8. The van der Waals surface area contributed by atoms with E-state index in [0.29, 0.717) is 0 Å². The van der Waals surface area contributed by atoms with Crippen LogP contribution in [0.5, 0.6) is 0 Å². The van der Waals surface area contributed by atoms with Crippen LogP contribution in [0, 0.1) is 0 Å². The molecule has 1 heterocycles. The summed E-state index contributed by atoms with van der Waals surface area (Å²) < 4.78 is 2.50. The van der Waals surface area contributed by atoms with Crippen molar-refractivity contribution in [1.82, 2.24) is 4.57 Å². The highest BCUT2D eigenvalue weighted by Gasteiger charge is 2.51. The van der Waals surface area contributed by atoms with Crippen molar-refractivity contribution in [3.8, 4) is 50.2 Å². The van der Waals surface area contributed by atoms with Gasteiger partial charge in [-0.2, -0.15) is 0 Å². The van der Waals surface area contributed by atoms with Crippen molar-refractivity contribution < 1.29 is 0 Å². The number of hydrogen-bond donors (Lipinski definition) is 0. The minimum atomic E-state index is -0.587. The average molecular weight is 853 g/mol. The molecule has 0 radical (unpaired) electrons. The third kappa shape index (κ3) is 5.51. The predicted octanol–water partition coefficient (Wildman–Crippen LogP) is 16.9. The van der Waals surface area contributed by atoms with E-state index in [4.69, 9.17) is 0 Å². The van der Waals surface area contributed by atoms with Gasteiger partial charge in [-0.3, -0.25) is 0 Å². The lowest BCUT2D eigenvalue weighted by atomic mass is 9.61. The fraction of sp³-hybridized carbons (Fsp3) is 0.0462. The number of allylic oxidation sites excluding steroid dienone is 1. The molecule has 0 saturated heterocycles. The summed E-state index contributed by atoms with van der Waals surface area (Å²) in [5.41, 5.74) is 23.2. The van der Waals surface area contributed by atoms with Gasteiger partial charge in [0, 0.05) is 39.4 Å². The molecule has 1 spiro atoms. The van der Waals surface area contributed by atoms with Crippen molar-refractivity contribution in [1.29, 1.82) is 0 Å². The Labute approximate surface area is 391 Å². The lowest BCUT2D eigenvalue weighted by Crippen LogP contribution is -2.32. The van der Waals surface area contributed by atoms with E-state index in [0.717, 1.165) is 29.9 Å². The first-order chi connectivity index (χ1) is 33.3. The van der Waals surface area contributed by atoms with Crippen molar-refractivity contribution in [2.75, 3.05) is 4.90 Å². The lowest BCUT2D eigenvalue weighted by molar-refractivity contribution is 0.773. The van der Waals surface area contributed by atoms with E-state index in [2.05, 4.69) is 252 Å². The van der Waals surface area contributed by atoms with Crippen LogP contribution in [0.2, 0.25) is 0 Å². The van der Waals surface area contributed by atoms with Gasteiger partial charge in [0.15, 0.2) is 0 Å². The van der Waals surface area contributed by atoms with Crippen LogP contribution in [0.15, 0.2) is 237 Å². The number of benzene rings is 10. The maximum Gasteiger partial charge on any atom is 0.0726 e. The Morgan fingerprint density at radius 3 is 1.85 bits per heavy atom. The molecule has 10 aromatic carbocycles. The quantitative estimate of drug-likeness (QED) is 0.162. The first-order valence-corrected chi connectivity index (χ1v) is 23.6. The Kier molecular flexibility index (Phi) is 8.36. The van der Waals surface area contributed by atoms with E-state index >= 15 is 0 Å². The second-order valence-electron chi connectivity index (χ2n) is 18.3. The second kappa shape index (κ2) is 14.8. The van der Waals surface area contributed by atoms with Crippen LogP contribution < -0.4 is 4.90 Å². The van der Waals surface area contributed by atoms with E-state index in [-0.39, 0.29) is 0 Å². The second-order valence-corrected chi connectivity index (χ2v) is 18.3. The smallest absolute Gasteiger partial charge is 0.0726 e. The molecule has 11 aromatic rings. The minimum absolute atomic E-state index is 0.587. The molecule has 0 bridgehead atoms. The zero-order valence-corrected chi connectivity index (χ0v) is 36.9. The van der Waals surface area contributed by atoms with Gasteiger partial charge in [0.1, 0.15) is 0 Å². The molecular weight excluding hydrogens is 809 g/mol. The van der Waals surface area contributed by atoms with Gasteiger partial charge in [0.05, 0.1) is 10.9 Å². The molecular formula is C65H44N2. The third-order valence-electron chi connectivity index (χ3n) is 14.8. The summed E-state index contributed by atoms with van der Waals surface area (Å²) in [7, 11) is 0. The molecule has 0 aliphatic heterocycles. The van der Waals surface area contributed by atoms with Crippen LogP contribution >= 0.6 is 0 Å². The van der Waals surface area contributed by atoms with Gasteiger partial charge in [-0.15, -0.1) is 0 Å². The van der Waals surface area contributed by atoms with Gasteiger partial charge in [0.2, 0.25) is 0 Å². The van der Waals surface area contributed by atoms with Crippen LogP contribution in [-0.4, -0.2) is 4.57 Å². The maximum absolute atomic E-state index is 2.53. The summed E-state index contributed by atoms with van der Waals surface area (Å²) in [6, 6.07) is 86.2. The fourth-order valence-electron chi connectivity index (χ4n) is 12.1. The molecule has 0 N–H and O–H groups in total. The summed E-state index contributed by atoms with van der Waals surface area (Å²) >= 11 is 0. The molecule has 3 aliphatic rings. The molecule has 1 aromatic heterocycles. The summed E-state index contributed by atoms with van der Waals surface area (Å²) in [5.74, 6) is 0. The monoisotopic (exact) mass is 852 g/mol. The summed E-state index contributed by atoms with van der Waals surface area (Å²) in [4.78, 5) is 2.49. The van der Waals surface area contributed by atoms with Crippen LogP contribution in [0.25, 0.3) is 77.9 Å². The normalized spacial score (nSPS) is 15.0. The molecule has 14 rings (SSSR count). The zero-order valence-electron chi connectivity index (χ0n) is 36.9. The van der Waals surface area contributed by atoms with E-state index in [1.54, 1.807) is 0 Å². The van der Waals surface area contributed by atoms with Crippen LogP contribution in [0.4, 0.5) is 17.1 Å². The van der Waals surface area contributed by atoms with Gasteiger partial charge in [-0.25, -0.2) is 0 Å². The van der Waals surface area contributed by atoms with Crippen LogP contribution in [0.1, 0.15) is 39.9 Å². The molecule has 0 fully saturated rings. The molecule has 3 aliphatic carbocycles. The zero-order chi connectivity index (χ0) is 44.1. The van der Waals surface area contributed by atoms with E-state index in [1.165, 1.54) is 105 Å². The Morgan fingerprint density at radius 1 is 0.418 bits per heavy atom. The molecule has 0 saturated carbocycles. The number of hydrogen-bond acceptors (Lipinski definition) is 1. The highest BCUT2D eigenvalue weighted by atomic mass is 15.1. The summed E-state index contributed by atoms with van der Waals surface area (Å²) in [6.07, 6.45) is 6.71. The molecule has 0 amide bonds. The molecule has 2 heteroatoms. The first-order valence-electron chi connectivity index (χ1n) is 23.6. The van der Waals surface area contributed by atoms with Gasteiger partial charge in [-0.1, -0.05) is 194 Å².